The molecule has 8 nitrogen and oxygen atoms in total. The van der Waals surface area contributed by atoms with Crippen molar-refractivity contribution in [2.45, 2.75) is 31.3 Å². The van der Waals surface area contributed by atoms with Crippen molar-refractivity contribution in [1.29, 1.82) is 0 Å². The zero-order valence-corrected chi connectivity index (χ0v) is 11.9. The van der Waals surface area contributed by atoms with Gasteiger partial charge < -0.3 is 14.6 Å². The quantitative estimate of drug-likeness (QED) is 0.650. The van der Waals surface area contributed by atoms with Gasteiger partial charge in [-0.05, 0) is 18.9 Å². The first-order chi connectivity index (χ1) is 10.6. The van der Waals surface area contributed by atoms with Gasteiger partial charge >= 0.3 is 0 Å². The van der Waals surface area contributed by atoms with Crippen LogP contribution in [0.4, 0.5) is 0 Å². The summed E-state index contributed by atoms with van der Waals surface area (Å²) in [6, 6.07) is 0.887. The lowest BCUT2D eigenvalue weighted by molar-refractivity contribution is -0.497. The number of nitrogens with one attached hydrogen (secondary N) is 1. The molecule has 0 radical (unpaired) electrons. The summed E-state index contributed by atoms with van der Waals surface area (Å²) in [4.78, 5) is 35.9. The maximum Gasteiger partial charge on any atom is 0.257 e. The van der Waals surface area contributed by atoms with Gasteiger partial charge in [-0.2, -0.15) is 0 Å². The predicted molar refractivity (Wildman–Crippen MR) is 74.7 cm³/mol. The number of carbonyl (C=O) groups is 2. The summed E-state index contributed by atoms with van der Waals surface area (Å²) < 4.78 is 4.90. The summed E-state index contributed by atoms with van der Waals surface area (Å²) in [5, 5.41) is 13.4. The molecule has 1 saturated heterocycles. The lowest BCUT2D eigenvalue weighted by atomic mass is 10.0. The van der Waals surface area contributed by atoms with Crippen molar-refractivity contribution >= 4 is 11.8 Å². The molecule has 2 fully saturated rings. The number of carbonyl (C=O) groups excluding carboxylic acids is 2. The summed E-state index contributed by atoms with van der Waals surface area (Å²) in [7, 11) is 0. The molecular formula is C14H17N3O5. The van der Waals surface area contributed by atoms with Crippen molar-refractivity contribution in [1.82, 2.24) is 10.2 Å². The average Bonchev–Trinajstić information content (AvgIpc) is 3.14. The molecule has 118 valence electrons. The molecule has 1 aliphatic heterocycles. The van der Waals surface area contributed by atoms with Crippen LogP contribution < -0.4 is 5.32 Å². The molecule has 0 spiro atoms. The summed E-state index contributed by atoms with van der Waals surface area (Å²) in [6.45, 7) is 1.11. The number of hydrogen-bond donors (Lipinski definition) is 1. The predicted octanol–water partition coefficient (Wildman–Crippen LogP) is 0.666. The van der Waals surface area contributed by atoms with E-state index in [2.05, 4.69) is 5.32 Å². The van der Waals surface area contributed by atoms with Gasteiger partial charge in [0, 0.05) is 30.5 Å². The third-order valence-corrected chi connectivity index (χ3v) is 4.26. The van der Waals surface area contributed by atoms with Crippen molar-refractivity contribution in [3.05, 3.63) is 34.3 Å². The Kier molecular flexibility index (Phi) is 3.82. The maximum atomic E-state index is 12.1. The van der Waals surface area contributed by atoms with Gasteiger partial charge in [0.05, 0.1) is 11.8 Å². The summed E-state index contributed by atoms with van der Waals surface area (Å²) in [5.74, 6) is -0.795. The molecule has 2 heterocycles. The van der Waals surface area contributed by atoms with E-state index in [0.29, 0.717) is 37.9 Å². The number of nitro groups is 1. The van der Waals surface area contributed by atoms with E-state index in [0.717, 1.165) is 0 Å². The molecule has 2 unspecified atom stereocenters. The van der Waals surface area contributed by atoms with Crippen LogP contribution in [0.2, 0.25) is 0 Å². The van der Waals surface area contributed by atoms with E-state index < -0.39 is 16.9 Å². The first kappa shape index (κ1) is 14.6. The third kappa shape index (κ3) is 2.95. The van der Waals surface area contributed by atoms with E-state index in [1.165, 1.54) is 12.5 Å². The lowest BCUT2D eigenvalue weighted by Crippen LogP contribution is -2.47. The van der Waals surface area contributed by atoms with Crippen molar-refractivity contribution in [3.8, 4) is 0 Å². The third-order valence-electron chi connectivity index (χ3n) is 4.26. The fourth-order valence-electron chi connectivity index (χ4n) is 2.80. The lowest BCUT2D eigenvalue weighted by Gasteiger charge is -2.32. The minimum Gasteiger partial charge on any atom is -0.472 e. The monoisotopic (exact) mass is 307 g/mol. The molecule has 1 saturated carbocycles. The van der Waals surface area contributed by atoms with E-state index >= 15 is 0 Å². The molecule has 22 heavy (non-hydrogen) atoms. The molecule has 1 N–H and O–H groups in total. The van der Waals surface area contributed by atoms with Gasteiger partial charge in [-0.1, -0.05) is 0 Å². The van der Waals surface area contributed by atoms with Crippen LogP contribution in [0, 0.1) is 16.0 Å². The van der Waals surface area contributed by atoms with Gasteiger partial charge in [0.2, 0.25) is 11.9 Å². The zero-order valence-electron chi connectivity index (χ0n) is 11.9. The fourth-order valence-corrected chi connectivity index (χ4v) is 2.80. The molecule has 2 atom stereocenters. The van der Waals surface area contributed by atoms with Crippen molar-refractivity contribution in [2.24, 2.45) is 5.92 Å². The molecule has 2 aliphatic rings. The molecule has 0 bridgehead atoms. The minimum atomic E-state index is -0.720. The van der Waals surface area contributed by atoms with Crippen LogP contribution in [-0.4, -0.2) is 46.8 Å². The van der Waals surface area contributed by atoms with Gasteiger partial charge in [-0.15, -0.1) is 0 Å². The van der Waals surface area contributed by atoms with Gasteiger partial charge in [0.15, 0.2) is 0 Å². The van der Waals surface area contributed by atoms with E-state index in [4.69, 9.17) is 4.42 Å². The highest BCUT2D eigenvalue weighted by molar-refractivity contribution is 5.93. The second-order valence-corrected chi connectivity index (χ2v) is 5.78. The molecular weight excluding hydrogens is 290 g/mol. The van der Waals surface area contributed by atoms with Crippen molar-refractivity contribution in [2.75, 3.05) is 13.1 Å². The minimum absolute atomic E-state index is 0.0195. The first-order valence-electron chi connectivity index (χ1n) is 7.31. The number of amides is 2. The summed E-state index contributed by atoms with van der Waals surface area (Å²) in [6.07, 6.45) is 4.52. The molecule has 1 aromatic heterocycles. The number of nitrogens with zero attached hydrogens (tertiary/aromatic N) is 2. The fraction of sp³-hybridized carbons (Fsp3) is 0.571. The van der Waals surface area contributed by atoms with Gasteiger partial charge in [0.1, 0.15) is 12.2 Å². The average molecular weight is 307 g/mol. The van der Waals surface area contributed by atoms with Crippen molar-refractivity contribution in [3.63, 3.8) is 0 Å². The first-order valence-corrected chi connectivity index (χ1v) is 7.31. The van der Waals surface area contributed by atoms with Crippen LogP contribution in [0.15, 0.2) is 23.0 Å². The van der Waals surface area contributed by atoms with Gasteiger partial charge in [-0.25, -0.2) is 0 Å². The van der Waals surface area contributed by atoms with Crippen LogP contribution in [0.1, 0.15) is 29.6 Å². The van der Waals surface area contributed by atoms with Crippen LogP contribution in [0.3, 0.4) is 0 Å². The Morgan fingerprint density at radius 2 is 2.09 bits per heavy atom. The Labute approximate surface area is 126 Å². The number of hydrogen-bond acceptors (Lipinski definition) is 5. The standard InChI is InChI=1S/C14H17N3O5/c18-13(11-7-12(11)17(20)21)15-10-1-4-16(5-2-10)14(19)9-3-6-22-8-9/h3,6,8,10-12H,1-2,4-5,7H2,(H,15,18). The Balaban J connectivity index is 1.45. The largest absolute Gasteiger partial charge is 0.472 e. The Morgan fingerprint density at radius 3 is 2.64 bits per heavy atom. The molecule has 8 heteroatoms. The van der Waals surface area contributed by atoms with E-state index in [9.17, 15) is 19.7 Å². The maximum absolute atomic E-state index is 12.1. The Bertz CT molecular complexity index is 577. The van der Waals surface area contributed by atoms with E-state index in [1.54, 1.807) is 11.0 Å². The highest BCUT2D eigenvalue weighted by atomic mass is 16.6. The second kappa shape index (κ2) is 5.78. The van der Waals surface area contributed by atoms with Crippen LogP contribution in [0.25, 0.3) is 0 Å². The number of furan rings is 1. The van der Waals surface area contributed by atoms with Crippen LogP contribution in [0.5, 0.6) is 0 Å². The van der Waals surface area contributed by atoms with E-state index in [-0.39, 0.29) is 17.9 Å². The molecule has 1 aliphatic carbocycles. The highest BCUT2D eigenvalue weighted by Crippen LogP contribution is 2.33. The van der Waals surface area contributed by atoms with E-state index in [1.807, 2.05) is 0 Å². The SMILES string of the molecule is O=C(NC1CCN(C(=O)c2ccoc2)CC1)C1CC1[N+](=O)[O-]. The molecule has 2 amide bonds. The summed E-state index contributed by atoms with van der Waals surface area (Å²) >= 11 is 0. The number of rotatable bonds is 4. The Morgan fingerprint density at radius 1 is 1.36 bits per heavy atom. The highest BCUT2D eigenvalue weighted by Gasteiger charge is 2.53. The number of piperidine rings is 1. The topological polar surface area (TPSA) is 106 Å². The molecule has 3 rings (SSSR count). The van der Waals surface area contributed by atoms with Crippen molar-refractivity contribution < 1.29 is 18.9 Å². The molecule has 0 aromatic carbocycles. The van der Waals surface area contributed by atoms with Gasteiger partial charge in [-0.3, -0.25) is 19.7 Å². The van der Waals surface area contributed by atoms with Crippen LogP contribution >= 0.6 is 0 Å². The second-order valence-electron chi connectivity index (χ2n) is 5.78. The van der Waals surface area contributed by atoms with Crippen LogP contribution in [-0.2, 0) is 4.79 Å². The smallest absolute Gasteiger partial charge is 0.257 e. The normalized spacial score (nSPS) is 24.8. The summed E-state index contributed by atoms with van der Waals surface area (Å²) in [5.41, 5.74) is 0.522. The Hall–Kier alpha value is -2.38. The molecule has 1 aromatic rings. The van der Waals surface area contributed by atoms with Gasteiger partial charge in [0.25, 0.3) is 5.91 Å². The number of likely N-dealkylation sites (tertiary alicyclic amines) is 1. The zero-order chi connectivity index (χ0) is 15.7.